The fraction of sp³-hybridized carbons (Fsp3) is 0.226. The number of rotatable bonds is 10. The van der Waals surface area contributed by atoms with Gasteiger partial charge in [-0.15, -0.1) is 5.01 Å². The van der Waals surface area contributed by atoms with Gasteiger partial charge in [0, 0.05) is 5.56 Å². The molecule has 49 heavy (non-hydrogen) atoms. The molecule has 0 bridgehead atoms. The Morgan fingerprint density at radius 3 is 2.12 bits per heavy atom. The molecule has 14 nitrogen and oxygen atoms in total. The number of aromatic nitrogens is 2. The first kappa shape index (κ1) is 34.6. The summed E-state index contributed by atoms with van der Waals surface area (Å²) in [5.41, 5.74) is 0.730. The molecule has 1 N–H and O–H groups in total. The van der Waals surface area contributed by atoms with E-state index in [2.05, 4.69) is 10.4 Å². The van der Waals surface area contributed by atoms with Crippen LogP contribution in [0.3, 0.4) is 0 Å². The van der Waals surface area contributed by atoms with E-state index >= 15 is 0 Å². The van der Waals surface area contributed by atoms with Gasteiger partial charge in [-0.2, -0.15) is 18.3 Å². The van der Waals surface area contributed by atoms with E-state index in [0.29, 0.717) is 10.6 Å². The van der Waals surface area contributed by atoms with E-state index in [0.717, 1.165) is 40.4 Å². The molecule has 1 aromatic heterocycles. The summed E-state index contributed by atoms with van der Waals surface area (Å²) in [5, 5.41) is 20.2. The van der Waals surface area contributed by atoms with Crippen LogP contribution in [0.15, 0.2) is 89.0 Å². The molecule has 0 radical (unpaired) electrons. The van der Waals surface area contributed by atoms with Crippen LogP contribution in [0.2, 0.25) is 0 Å². The summed E-state index contributed by atoms with van der Waals surface area (Å²) in [6, 6.07) is 16.9. The van der Waals surface area contributed by atoms with Gasteiger partial charge in [0.2, 0.25) is 11.5 Å². The number of aryl methyl sites for hydroxylation is 1. The van der Waals surface area contributed by atoms with Gasteiger partial charge in [-0.3, -0.25) is 14.4 Å². The predicted octanol–water partition coefficient (Wildman–Crippen LogP) is 4.44. The first-order chi connectivity index (χ1) is 23.0. The van der Waals surface area contributed by atoms with E-state index in [1.807, 2.05) is 11.6 Å². The van der Waals surface area contributed by atoms with Crippen molar-refractivity contribution >= 4 is 27.7 Å². The fourth-order valence-corrected chi connectivity index (χ4v) is 5.81. The number of fused-ring (bicyclic) bond motifs is 1. The number of sulfonamides is 1. The number of hydrazine groups is 1. The van der Waals surface area contributed by atoms with Gasteiger partial charge in [0.15, 0.2) is 11.7 Å². The number of hydrogen-bond acceptors (Lipinski definition) is 9. The number of halogens is 3. The average molecular weight is 700 g/mol. The molecule has 5 rings (SSSR count). The van der Waals surface area contributed by atoms with E-state index in [1.165, 1.54) is 38.1 Å². The number of amides is 3. The molecule has 0 spiro atoms. The third-order valence-electron chi connectivity index (χ3n) is 7.64. The second-order valence-corrected chi connectivity index (χ2v) is 12.7. The molecule has 2 heterocycles. The van der Waals surface area contributed by atoms with Crippen LogP contribution in [-0.2, 0) is 25.8 Å². The van der Waals surface area contributed by atoms with Crippen molar-refractivity contribution in [2.45, 2.75) is 44.1 Å². The topological polar surface area (TPSA) is 169 Å². The molecule has 0 fully saturated rings. The van der Waals surface area contributed by atoms with Crippen LogP contribution >= 0.6 is 0 Å². The number of nitrogens with one attached hydrogen (secondary N) is 1. The summed E-state index contributed by atoms with van der Waals surface area (Å²) in [7, 11) is -3.41. The maximum absolute atomic E-state index is 13.5. The Hall–Kier alpha value is -5.78. The lowest BCUT2D eigenvalue weighted by Crippen LogP contribution is -2.47. The summed E-state index contributed by atoms with van der Waals surface area (Å²) in [5.74, 6) is -2.44. The van der Waals surface area contributed by atoms with E-state index in [9.17, 15) is 41.2 Å². The molecule has 1 aliphatic rings. The Labute approximate surface area is 277 Å². The molecule has 0 saturated carbocycles. The molecule has 0 aliphatic carbocycles. The minimum absolute atomic E-state index is 0.114. The maximum Gasteiger partial charge on any atom is 0.435 e. The standard InChI is InChI=1S/C31H28F3N7O7S/c1-18-9-11-21(12-10-18)26-17-27(31(32,33)34)35-40(26)22-13-15-23(16-14-22)49(46,47)36-28(42)19(2)38(4)41(45)37-48-20(3)39-29(43)24-7-5-6-8-25(24)30(39)44/h5-17,19-20H,1-4H3,(H,36,42)/b41-37-/t19-,20?/m0/s1. The Bertz CT molecular complexity index is 2030. The Balaban J connectivity index is 1.26. The number of imide groups is 1. The molecule has 4 aromatic rings. The van der Waals surface area contributed by atoms with E-state index in [-0.39, 0.29) is 27.5 Å². The summed E-state index contributed by atoms with van der Waals surface area (Å²) in [6.07, 6.45) is -6.04. The maximum atomic E-state index is 13.5. The Morgan fingerprint density at radius 1 is 1.00 bits per heavy atom. The molecule has 256 valence electrons. The van der Waals surface area contributed by atoms with E-state index in [1.54, 1.807) is 36.4 Å². The van der Waals surface area contributed by atoms with Crippen LogP contribution in [0.25, 0.3) is 16.9 Å². The van der Waals surface area contributed by atoms with Gasteiger partial charge in [-0.25, -0.2) is 22.7 Å². The number of alkyl halides is 3. The number of benzene rings is 3. The molecule has 3 aromatic carbocycles. The lowest BCUT2D eigenvalue weighted by atomic mass is 10.1. The number of likely N-dealkylation sites (N-methyl/N-ethyl adjacent to an activating group) is 1. The monoisotopic (exact) mass is 699 g/mol. The van der Waals surface area contributed by atoms with Gasteiger partial charge in [-0.05, 0) is 63.2 Å². The smallest absolute Gasteiger partial charge is 0.435 e. The lowest BCUT2D eigenvalue weighted by Gasteiger charge is -2.21. The van der Waals surface area contributed by atoms with Crippen LogP contribution in [0.5, 0.6) is 0 Å². The van der Waals surface area contributed by atoms with Crippen molar-refractivity contribution in [2.75, 3.05) is 7.05 Å². The van der Waals surface area contributed by atoms with Gasteiger partial charge >= 0.3 is 6.18 Å². The second-order valence-electron chi connectivity index (χ2n) is 11.0. The zero-order valence-electron chi connectivity index (χ0n) is 26.2. The normalized spacial score (nSPS) is 14.8. The van der Waals surface area contributed by atoms with Gasteiger partial charge in [0.25, 0.3) is 27.7 Å². The Morgan fingerprint density at radius 2 is 1.57 bits per heavy atom. The Kier molecular flexibility index (Phi) is 9.18. The quantitative estimate of drug-likeness (QED) is 0.109. The molecule has 2 atom stereocenters. The van der Waals surface area contributed by atoms with Gasteiger partial charge in [0.1, 0.15) is 0 Å². The zero-order chi connectivity index (χ0) is 35.8. The average Bonchev–Trinajstić information content (AvgIpc) is 3.63. The highest BCUT2D eigenvalue weighted by molar-refractivity contribution is 7.90. The van der Waals surface area contributed by atoms with Crippen LogP contribution in [-0.4, -0.2) is 70.1 Å². The largest absolute Gasteiger partial charge is 0.569 e. The van der Waals surface area contributed by atoms with Crippen LogP contribution < -0.4 is 4.72 Å². The SMILES string of the molecule is Cc1ccc(-c2cc(C(F)(F)F)nn2-c2ccc(S(=O)(=O)NC(=O)[C@H](C)N(C)/[N+]([O-])=N/OC(C)N3C(=O)c4ccccc4C3=O)cc2)cc1. The first-order valence-corrected chi connectivity index (χ1v) is 15.9. The number of nitrogens with zero attached hydrogens (tertiary/aromatic N) is 6. The van der Waals surface area contributed by atoms with Crippen molar-refractivity contribution in [3.63, 3.8) is 0 Å². The predicted molar refractivity (Wildman–Crippen MR) is 165 cm³/mol. The summed E-state index contributed by atoms with van der Waals surface area (Å²) >= 11 is 0. The molecular formula is C31H28F3N7O7S. The van der Waals surface area contributed by atoms with Crippen LogP contribution in [0, 0.1) is 12.1 Å². The fourth-order valence-electron chi connectivity index (χ4n) is 4.76. The minimum atomic E-state index is -4.74. The minimum Gasteiger partial charge on any atom is -0.569 e. The number of carbonyl (C=O) groups excluding carboxylic acids is 3. The summed E-state index contributed by atoms with van der Waals surface area (Å²) < 4.78 is 69.6. The number of carbonyl (C=O) groups is 3. The molecule has 3 amide bonds. The summed E-state index contributed by atoms with van der Waals surface area (Å²) in [6.45, 7) is 4.33. The third kappa shape index (κ3) is 6.94. The molecule has 1 aliphatic heterocycles. The van der Waals surface area contributed by atoms with Crippen molar-refractivity contribution in [3.05, 3.63) is 106 Å². The zero-order valence-corrected chi connectivity index (χ0v) is 27.1. The third-order valence-corrected chi connectivity index (χ3v) is 9.00. The lowest BCUT2D eigenvalue weighted by molar-refractivity contribution is -0.710. The number of hydrogen-bond donors (Lipinski definition) is 1. The first-order valence-electron chi connectivity index (χ1n) is 14.4. The highest BCUT2D eigenvalue weighted by atomic mass is 32.2. The molecule has 0 saturated heterocycles. The van der Waals surface area contributed by atoms with E-state index in [4.69, 9.17) is 4.84 Å². The molecule has 1 unspecified atom stereocenters. The van der Waals surface area contributed by atoms with Crippen molar-refractivity contribution in [2.24, 2.45) is 5.28 Å². The summed E-state index contributed by atoms with van der Waals surface area (Å²) in [4.78, 5) is 43.3. The highest BCUT2D eigenvalue weighted by Crippen LogP contribution is 2.33. The van der Waals surface area contributed by atoms with Gasteiger partial charge < -0.3 is 10.0 Å². The van der Waals surface area contributed by atoms with Crippen molar-refractivity contribution in [1.82, 2.24) is 24.4 Å². The van der Waals surface area contributed by atoms with Crippen molar-refractivity contribution in [3.8, 4) is 16.9 Å². The molecule has 18 heteroatoms. The van der Waals surface area contributed by atoms with Gasteiger partial charge in [-0.1, -0.05) is 42.0 Å². The highest BCUT2D eigenvalue weighted by Gasteiger charge is 2.40. The van der Waals surface area contributed by atoms with Crippen LogP contribution in [0.4, 0.5) is 13.2 Å². The van der Waals surface area contributed by atoms with E-state index < -0.39 is 56.8 Å². The molecular weight excluding hydrogens is 671 g/mol. The van der Waals surface area contributed by atoms with Gasteiger partial charge in [0.05, 0.1) is 39.4 Å². The van der Waals surface area contributed by atoms with Crippen molar-refractivity contribution in [1.29, 1.82) is 0 Å². The second kappa shape index (κ2) is 13.0. The van der Waals surface area contributed by atoms with Crippen LogP contribution in [0.1, 0.15) is 45.8 Å². The van der Waals surface area contributed by atoms with Crippen molar-refractivity contribution < 1.29 is 45.8 Å².